The minimum Gasteiger partial charge on any atom is -0.387 e. The Kier molecular flexibility index (Phi) is 3.88. The topological polar surface area (TPSA) is 36.4 Å². The van der Waals surface area contributed by atoms with E-state index in [0.29, 0.717) is 6.42 Å². The van der Waals surface area contributed by atoms with Crippen LogP contribution in [-0.2, 0) is 18.3 Å². The second-order valence-corrected chi connectivity index (χ2v) is 9.55. The average Bonchev–Trinajstić information content (AvgIpc) is 3.55. The number of piperidine rings is 1. The van der Waals surface area contributed by atoms with E-state index in [2.05, 4.69) is 65.6 Å². The average molecular weight is 385 g/mol. The maximum Gasteiger partial charge on any atom is 0.0915 e. The molecule has 3 heteroatoms. The second-order valence-electron chi connectivity index (χ2n) is 9.55. The van der Waals surface area contributed by atoms with Gasteiger partial charge in [0.25, 0.3) is 0 Å². The lowest BCUT2D eigenvalue weighted by Crippen LogP contribution is -2.66. The van der Waals surface area contributed by atoms with Crippen molar-refractivity contribution in [3.8, 4) is 0 Å². The number of rotatable bonds is 3. The Balaban J connectivity index is 1.47. The number of aliphatic hydroxyl groups is 1. The van der Waals surface area contributed by atoms with Gasteiger partial charge in [-0.1, -0.05) is 48.5 Å². The van der Waals surface area contributed by atoms with Crippen LogP contribution in [0.5, 0.6) is 0 Å². The molecule has 1 saturated heterocycles. The summed E-state index contributed by atoms with van der Waals surface area (Å²) in [6.07, 6.45) is 5.23. The highest BCUT2D eigenvalue weighted by Crippen LogP contribution is 2.50. The lowest BCUT2D eigenvalue weighted by atomic mass is 9.56. The molecule has 3 nitrogen and oxygen atoms in total. The van der Waals surface area contributed by atoms with Crippen LogP contribution in [0.3, 0.4) is 0 Å². The zero-order chi connectivity index (χ0) is 19.5. The quantitative estimate of drug-likeness (QED) is 0.738. The van der Waals surface area contributed by atoms with E-state index in [0.717, 1.165) is 43.9 Å². The van der Waals surface area contributed by atoms with Crippen LogP contribution in [0.4, 0.5) is 0 Å². The van der Waals surface area contributed by atoms with Crippen molar-refractivity contribution in [2.24, 2.45) is 5.92 Å². The highest BCUT2D eigenvalue weighted by molar-refractivity contribution is 5.79. The standard InChI is InChI=1S/C26H28N2O/c29-26-15-21-14-20-6-4-5-9-23(20)27-24(21)16-25(26,22-7-2-1-3-8-22)12-13-28(18-26)17-19-10-11-19/h1-9,14,19,29H,10-13,15-18H2/t25-,26-/m0/s1. The summed E-state index contributed by atoms with van der Waals surface area (Å²) in [5.41, 5.74) is 3.73. The molecular formula is C26H28N2O. The van der Waals surface area contributed by atoms with Gasteiger partial charge in [0, 0.05) is 42.4 Å². The number of benzene rings is 2. The Hall–Kier alpha value is -2.23. The molecule has 1 aromatic heterocycles. The summed E-state index contributed by atoms with van der Waals surface area (Å²) in [7, 11) is 0. The number of aromatic nitrogens is 1. The molecule has 2 aromatic carbocycles. The normalized spacial score (nSPS) is 29.4. The molecule has 2 atom stereocenters. The van der Waals surface area contributed by atoms with Crippen molar-refractivity contribution in [1.82, 2.24) is 9.88 Å². The van der Waals surface area contributed by atoms with E-state index in [9.17, 15) is 5.11 Å². The van der Waals surface area contributed by atoms with Gasteiger partial charge in [-0.25, -0.2) is 0 Å². The number of hydrogen-bond acceptors (Lipinski definition) is 3. The number of nitrogens with zero attached hydrogens (tertiary/aromatic N) is 2. The third-order valence-electron chi connectivity index (χ3n) is 7.62. The Morgan fingerprint density at radius 1 is 1.00 bits per heavy atom. The summed E-state index contributed by atoms with van der Waals surface area (Å²) in [6.45, 7) is 2.98. The number of likely N-dealkylation sites (tertiary alicyclic amines) is 1. The summed E-state index contributed by atoms with van der Waals surface area (Å²) in [5.74, 6) is 0.851. The first-order valence-corrected chi connectivity index (χ1v) is 11.0. The molecule has 2 aliphatic carbocycles. The van der Waals surface area contributed by atoms with E-state index in [4.69, 9.17) is 4.98 Å². The Labute approximate surface area is 172 Å². The van der Waals surface area contributed by atoms with Crippen LogP contribution < -0.4 is 0 Å². The highest BCUT2D eigenvalue weighted by atomic mass is 16.3. The number of pyridine rings is 1. The SMILES string of the molecule is O[C@]12Cc3cc4ccccc4nc3C[C@]1(c1ccccc1)CCN(CC1CC1)C2. The monoisotopic (exact) mass is 384 g/mol. The largest absolute Gasteiger partial charge is 0.387 e. The van der Waals surface area contributed by atoms with Crippen molar-refractivity contribution in [2.45, 2.75) is 43.1 Å². The molecule has 1 saturated carbocycles. The van der Waals surface area contributed by atoms with Crippen molar-refractivity contribution in [1.29, 1.82) is 0 Å². The van der Waals surface area contributed by atoms with Crippen LogP contribution >= 0.6 is 0 Å². The van der Waals surface area contributed by atoms with Crippen LogP contribution in [0.25, 0.3) is 10.9 Å². The van der Waals surface area contributed by atoms with Crippen LogP contribution in [-0.4, -0.2) is 40.2 Å². The van der Waals surface area contributed by atoms with E-state index in [1.807, 2.05) is 0 Å². The summed E-state index contributed by atoms with van der Waals surface area (Å²) in [5, 5.41) is 13.4. The van der Waals surface area contributed by atoms with Crippen LogP contribution in [0, 0.1) is 5.92 Å². The Bertz CT molecular complexity index is 1060. The molecule has 2 heterocycles. The van der Waals surface area contributed by atoms with Gasteiger partial charge < -0.3 is 10.0 Å². The molecule has 3 aliphatic rings. The van der Waals surface area contributed by atoms with Crippen molar-refractivity contribution in [3.05, 3.63) is 77.5 Å². The Morgan fingerprint density at radius 3 is 2.62 bits per heavy atom. The van der Waals surface area contributed by atoms with Gasteiger partial charge in [0.2, 0.25) is 0 Å². The maximum atomic E-state index is 12.2. The van der Waals surface area contributed by atoms with E-state index in [-0.39, 0.29) is 5.41 Å². The molecule has 1 aliphatic heterocycles. The molecule has 0 spiro atoms. The van der Waals surface area contributed by atoms with Crippen LogP contribution in [0.1, 0.15) is 36.1 Å². The minimum atomic E-state index is -0.751. The second kappa shape index (κ2) is 6.38. The van der Waals surface area contributed by atoms with Gasteiger partial charge >= 0.3 is 0 Å². The third kappa shape index (κ3) is 2.83. The van der Waals surface area contributed by atoms with Gasteiger partial charge in [-0.3, -0.25) is 4.98 Å². The minimum absolute atomic E-state index is 0.253. The van der Waals surface area contributed by atoms with Gasteiger partial charge in [0.1, 0.15) is 0 Å². The summed E-state index contributed by atoms with van der Waals surface area (Å²) in [4.78, 5) is 7.59. The first-order valence-electron chi connectivity index (χ1n) is 11.0. The fourth-order valence-electron chi connectivity index (χ4n) is 5.86. The van der Waals surface area contributed by atoms with Crippen LogP contribution in [0.15, 0.2) is 60.7 Å². The summed E-state index contributed by atoms with van der Waals surface area (Å²) >= 11 is 0. The van der Waals surface area contributed by atoms with Crippen molar-refractivity contribution < 1.29 is 5.11 Å². The zero-order valence-electron chi connectivity index (χ0n) is 16.8. The number of β-amino-alcohol motifs (C(OH)–C–C–N with tert-alkyl or cyclic N) is 1. The number of hydrogen-bond donors (Lipinski definition) is 1. The molecule has 6 rings (SSSR count). The number of fused-ring (bicyclic) bond motifs is 3. The van der Waals surface area contributed by atoms with E-state index in [1.165, 1.54) is 35.0 Å². The fourth-order valence-corrected chi connectivity index (χ4v) is 5.86. The molecule has 0 unspecified atom stereocenters. The van der Waals surface area contributed by atoms with Gasteiger partial charge in [-0.2, -0.15) is 0 Å². The number of para-hydroxylation sites is 1. The molecule has 0 amide bonds. The predicted molar refractivity (Wildman–Crippen MR) is 116 cm³/mol. The molecule has 1 N–H and O–H groups in total. The van der Waals surface area contributed by atoms with Crippen molar-refractivity contribution in [3.63, 3.8) is 0 Å². The van der Waals surface area contributed by atoms with E-state index in [1.54, 1.807) is 0 Å². The Morgan fingerprint density at radius 2 is 1.79 bits per heavy atom. The molecular weight excluding hydrogens is 356 g/mol. The molecule has 0 bridgehead atoms. The zero-order valence-corrected chi connectivity index (χ0v) is 16.8. The molecule has 0 radical (unpaired) electrons. The van der Waals surface area contributed by atoms with Crippen molar-refractivity contribution >= 4 is 10.9 Å². The molecule has 148 valence electrons. The lowest BCUT2D eigenvalue weighted by Gasteiger charge is -2.56. The van der Waals surface area contributed by atoms with Gasteiger partial charge in [0.15, 0.2) is 0 Å². The van der Waals surface area contributed by atoms with Crippen molar-refractivity contribution in [2.75, 3.05) is 19.6 Å². The summed E-state index contributed by atoms with van der Waals surface area (Å²) < 4.78 is 0. The fraction of sp³-hybridized carbons (Fsp3) is 0.423. The lowest BCUT2D eigenvalue weighted by molar-refractivity contribution is -0.104. The van der Waals surface area contributed by atoms with Gasteiger partial charge in [-0.15, -0.1) is 0 Å². The van der Waals surface area contributed by atoms with Gasteiger partial charge in [-0.05, 0) is 55.0 Å². The summed E-state index contributed by atoms with van der Waals surface area (Å²) in [6, 6.07) is 21.4. The highest BCUT2D eigenvalue weighted by Gasteiger charge is 2.57. The first-order chi connectivity index (χ1) is 14.2. The van der Waals surface area contributed by atoms with Crippen LogP contribution in [0.2, 0.25) is 0 Å². The smallest absolute Gasteiger partial charge is 0.0915 e. The van der Waals surface area contributed by atoms with Gasteiger partial charge in [0.05, 0.1) is 11.1 Å². The predicted octanol–water partition coefficient (Wildman–Crippen LogP) is 4.12. The maximum absolute atomic E-state index is 12.2. The first kappa shape index (κ1) is 17.6. The molecule has 3 aromatic rings. The molecule has 2 fully saturated rings. The third-order valence-corrected chi connectivity index (χ3v) is 7.62. The van der Waals surface area contributed by atoms with E-state index >= 15 is 0 Å². The molecule has 29 heavy (non-hydrogen) atoms. The van der Waals surface area contributed by atoms with E-state index < -0.39 is 5.60 Å².